The van der Waals surface area contributed by atoms with Crippen molar-refractivity contribution in [2.45, 2.75) is 31.3 Å². The molecule has 0 unspecified atom stereocenters. The van der Waals surface area contributed by atoms with E-state index >= 15 is 0 Å². The van der Waals surface area contributed by atoms with Crippen LogP contribution in [-0.4, -0.2) is 30.9 Å². The number of methoxy groups -OCH3 is 1. The second-order valence-electron chi connectivity index (χ2n) is 5.04. The zero-order chi connectivity index (χ0) is 15.5. The second kappa shape index (κ2) is 5.95. The highest BCUT2D eigenvalue weighted by Gasteiger charge is 2.47. The van der Waals surface area contributed by atoms with E-state index in [0.717, 1.165) is 0 Å². The first-order valence-corrected chi connectivity index (χ1v) is 6.72. The van der Waals surface area contributed by atoms with Gasteiger partial charge in [0, 0.05) is 6.92 Å². The molecule has 1 saturated heterocycles. The molecule has 0 bridgehead atoms. The molecule has 112 valence electrons. The van der Waals surface area contributed by atoms with Crippen molar-refractivity contribution < 1.29 is 19.1 Å². The maximum Gasteiger partial charge on any atom is 0.336 e. The van der Waals surface area contributed by atoms with Crippen LogP contribution in [0.5, 0.6) is 0 Å². The number of benzene rings is 1. The number of esters is 1. The summed E-state index contributed by atoms with van der Waals surface area (Å²) < 4.78 is 4.87. The third-order valence-corrected chi connectivity index (χ3v) is 3.64. The van der Waals surface area contributed by atoms with Crippen LogP contribution in [0.15, 0.2) is 30.3 Å². The maximum atomic E-state index is 12.2. The molecule has 21 heavy (non-hydrogen) atoms. The van der Waals surface area contributed by atoms with Crippen molar-refractivity contribution in [3.05, 3.63) is 35.9 Å². The Morgan fingerprint density at radius 3 is 2.52 bits per heavy atom. The molecule has 2 atom stereocenters. The van der Waals surface area contributed by atoms with E-state index in [-0.39, 0.29) is 11.8 Å². The molecule has 0 spiro atoms. The van der Waals surface area contributed by atoms with Gasteiger partial charge in [0.05, 0.1) is 7.11 Å². The molecule has 6 heteroatoms. The summed E-state index contributed by atoms with van der Waals surface area (Å²) in [5, 5.41) is 5.30. The molecule has 1 aromatic carbocycles. The van der Waals surface area contributed by atoms with Gasteiger partial charge in [-0.05, 0) is 18.4 Å². The third kappa shape index (κ3) is 2.89. The van der Waals surface area contributed by atoms with Crippen molar-refractivity contribution in [1.29, 1.82) is 0 Å². The highest BCUT2D eigenvalue weighted by Crippen LogP contribution is 2.32. The van der Waals surface area contributed by atoms with Gasteiger partial charge < -0.3 is 15.4 Å². The van der Waals surface area contributed by atoms with Crippen LogP contribution in [0.2, 0.25) is 0 Å². The predicted molar refractivity (Wildman–Crippen MR) is 75.1 cm³/mol. The molecule has 0 aliphatic carbocycles. The van der Waals surface area contributed by atoms with Gasteiger partial charge in [0.1, 0.15) is 6.04 Å². The first kappa shape index (κ1) is 15.0. The first-order valence-electron chi connectivity index (χ1n) is 6.72. The van der Waals surface area contributed by atoms with Crippen LogP contribution in [-0.2, 0) is 24.7 Å². The van der Waals surface area contributed by atoms with Crippen LogP contribution in [0, 0.1) is 0 Å². The summed E-state index contributed by atoms with van der Waals surface area (Å²) in [4.78, 5) is 35.5. The lowest BCUT2D eigenvalue weighted by Crippen LogP contribution is -2.62. The molecule has 0 saturated carbocycles. The van der Waals surface area contributed by atoms with Crippen molar-refractivity contribution in [3.63, 3.8) is 0 Å². The number of ether oxygens (including phenoxy) is 1. The molecule has 2 N–H and O–H groups in total. The molecule has 0 radical (unpaired) electrons. The van der Waals surface area contributed by atoms with E-state index < -0.39 is 17.6 Å². The Labute approximate surface area is 122 Å². The van der Waals surface area contributed by atoms with Crippen LogP contribution in [0.4, 0.5) is 0 Å². The summed E-state index contributed by atoms with van der Waals surface area (Å²) in [5.74, 6) is -1.17. The Morgan fingerprint density at radius 2 is 2.00 bits per heavy atom. The van der Waals surface area contributed by atoms with Crippen LogP contribution in [0.3, 0.4) is 0 Å². The number of amides is 2. The van der Waals surface area contributed by atoms with Crippen LogP contribution in [0.1, 0.15) is 25.3 Å². The standard InChI is InChI=1S/C15H18N2O4/c1-10(18)16-12-8-9-15(14(20)21-2,17-13(12)19)11-6-4-3-5-7-11/h3-7,12H,8-9H2,1-2H3,(H,16,18)(H,17,19)/t12-,15+/m1/s1. The van der Waals surface area contributed by atoms with E-state index in [2.05, 4.69) is 10.6 Å². The zero-order valence-corrected chi connectivity index (χ0v) is 12.0. The summed E-state index contributed by atoms with van der Waals surface area (Å²) in [6.45, 7) is 1.35. The van der Waals surface area contributed by atoms with E-state index in [1.807, 2.05) is 6.07 Å². The smallest absolute Gasteiger partial charge is 0.336 e. The predicted octanol–water partition coefficient (Wildman–Crippen LogP) is 0.470. The molecule has 1 aromatic rings. The van der Waals surface area contributed by atoms with E-state index in [1.54, 1.807) is 24.3 Å². The molecule has 2 rings (SSSR count). The van der Waals surface area contributed by atoms with E-state index in [0.29, 0.717) is 18.4 Å². The fourth-order valence-corrected chi connectivity index (χ4v) is 2.62. The number of carbonyl (C=O) groups is 3. The van der Waals surface area contributed by atoms with Crippen molar-refractivity contribution >= 4 is 17.8 Å². The molecule has 1 heterocycles. The summed E-state index contributed by atoms with van der Waals surface area (Å²) in [5.41, 5.74) is -0.520. The van der Waals surface area contributed by atoms with Crippen molar-refractivity contribution in [1.82, 2.24) is 10.6 Å². The topological polar surface area (TPSA) is 84.5 Å². The van der Waals surface area contributed by atoms with Gasteiger partial charge in [0.15, 0.2) is 5.54 Å². The molecule has 6 nitrogen and oxygen atoms in total. The maximum absolute atomic E-state index is 12.2. The van der Waals surface area contributed by atoms with Gasteiger partial charge >= 0.3 is 5.97 Å². The molecule has 1 fully saturated rings. The number of nitrogens with one attached hydrogen (secondary N) is 2. The quantitative estimate of drug-likeness (QED) is 0.793. The van der Waals surface area contributed by atoms with Gasteiger partial charge in [0.25, 0.3) is 0 Å². The van der Waals surface area contributed by atoms with Gasteiger partial charge in [-0.1, -0.05) is 30.3 Å². The summed E-state index contributed by atoms with van der Waals surface area (Å²) in [7, 11) is 1.29. The van der Waals surface area contributed by atoms with E-state index in [9.17, 15) is 14.4 Å². The van der Waals surface area contributed by atoms with Crippen LogP contribution < -0.4 is 10.6 Å². The molecular weight excluding hydrogens is 272 g/mol. The molecule has 1 aliphatic rings. The fourth-order valence-electron chi connectivity index (χ4n) is 2.62. The largest absolute Gasteiger partial charge is 0.467 e. The summed E-state index contributed by atoms with van der Waals surface area (Å²) >= 11 is 0. The number of rotatable bonds is 3. The van der Waals surface area contributed by atoms with Gasteiger partial charge in [-0.25, -0.2) is 4.79 Å². The average molecular weight is 290 g/mol. The Kier molecular flexibility index (Phi) is 4.26. The van der Waals surface area contributed by atoms with Crippen molar-refractivity contribution in [3.8, 4) is 0 Å². The van der Waals surface area contributed by atoms with Gasteiger partial charge in [-0.3, -0.25) is 9.59 Å². The minimum atomic E-state index is -1.19. The zero-order valence-electron chi connectivity index (χ0n) is 12.0. The molecule has 1 aliphatic heterocycles. The van der Waals surface area contributed by atoms with Crippen LogP contribution in [0.25, 0.3) is 0 Å². The minimum absolute atomic E-state index is 0.277. The number of piperidine rings is 1. The molecule has 0 aromatic heterocycles. The van der Waals surface area contributed by atoms with Crippen LogP contribution >= 0.6 is 0 Å². The Hall–Kier alpha value is -2.37. The average Bonchev–Trinajstić information content (AvgIpc) is 2.49. The van der Waals surface area contributed by atoms with Gasteiger partial charge in [0.2, 0.25) is 11.8 Å². The monoisotopic (exact) mass is 290 g/mol. The number of carbonyl (C=O) groups excluding carboxylic acids is 3. The molecular formula is C15H18N2O4. The third-order valence-electron chi connectivity index (χ3n) is 3.64. The minimum Gasteiger partial charge on any atom is -0.467 e. The lowest BCUT2D eigenvalue weighted by molar-refractivity contribution is -0.154. The lowest BCUT2D eigenvalue weighted by Gasteiger charge is -2.38. The Balaban J connectivity index is 2.31. The highest BCUT2D eigenvalue weighted by molar-refractivity contribution is 5.94. The SMILES string of the molecule is COC(=O)[C@@]1(c2ccccc2)CC[C@@H](NC(C)=O)C(=O)N1. The van der Waals surface area contributed by atoms with E-state index in [1.165, 1.54) is 14.0 Å². The normalized spacial score (nSPS) is 24.9. The lowest BCUT2D eigenvalue weighted by atomic mass is 9.80. The second-order valence-corrected chi connectivity index (χ2v) is 5.04. The van der Waals surface area contributed by atoms with Gasteiger partial charge in [-0.2, -0.15) is 0 Å². The summed E-state index contributed by atoms with van der Waals surface area (Å²) in [6.07, 6.45) is 0.732. The first-order chi connectivity index (χ1) is 9.99. The number of hydrogen-bond acceptors (Lipinski definition) is 4. The van der Waals surface area contributed by atoms with Gasteiger partial charge in [-0.15, -0.1) is 0 Å². The Morgan fingerprint density at radius 1 is 1.33 bits per heavy atom. The molecule has 2 amide bonds. The van der Waals surface area contributed by atoms with Crippen molar-refractivity contribution in [2.75, 3.05) is 7.11 Å². The number of hydrogen-bond donors (Lipinski definition) is 2. The highest BCUT2D eigenvalue weighted by atomic mass is 16.5. The fraction of sp³-hybridized carbons (Fsp3) is 0.400. The van der Waals surface area contributed by atoms with E-state index in [4.69, 9.17) is 4.74 Å². The van der Waals surface area contributed by atoms with Crippen molar-refractivity contribution in [2.24, 2.45) is 0 Å². The summed E-state index contributed by atoms with van der Waals surface area (Å²) in [6, 6.07) is 8.35. The Bertz CT molecular complexity index is 558.